The molecule has 6 heteroatoms. The van der Waals surface area contributed by atoms with Gasteiger partial charge in [-0.05, 0) is 25.5 Å². The molecule has 2 heterocycles. The smallest absolute Gasteiger partial charge is 0.271 e. The highest BCUT2D eigenvalue weighted by atomic mass is 16.2. The summed E-state index contributed by atoms with van der Waals surface area (Å²) >= 11 is 0. The lowest BCUT2D eigenvalue weighted by atomic mass is 10.2. The Morgan fingerprint density at radius 3 is 2.89 bits per heavy atom. The molecule has 0 aromatic carbocycles. The standard InChI is InChI=1S/C13H17N3O3/c1-3-6-15-7-4-5-10(15)13(19)16-8-11(17)14-12(18)9(16)2/h4-5,7,9H,3,6,8H2,1-2H3,(H,14,17,18). The van der Waals surface area contributed by atoms with Crippen molar-refractivity contribution in [3.63, 3.8) is 0 Å². The summed E-state index contributed by atoms with van der Waals surface area (Å²) in [6.07, 6.45) is 2.73. The van der Waals surface area contributed by atoms with Gasteiger partial charge in [0.05, 0.1) is 0 Å². The molecule has 1 unspecified atom stereocenters. The lowest BCUT2D eigenvalue weighted by Crippen LogP contribution is -2.58. The van der Waals surface area contributed by atoms with Crippen LogP contribution in [0.25, 0.3) is 0 Å². The molecule has 0 radical (unpaired) electrons. The summed E-state index contributed by atoms with van der Waals surface area (Å²) in [7, 11) is 0. The lowest BCUT2D eigenvalue weighted by molar-refractivity contribution is -0.138. The number of hydrogen-bond acceptors (Lipinski definition) is 3. The van der Waals surface area contributed by atoms with Gasteiger partial charge in [-0.2, -0.15) is 0 Å². The third kappa shape index (κ3) is 2.52. The molecule has 0 spiro atoms. The van der Waals surface area contributed by atoms with E-state index in [2.05, 4.69) is 5.32 Å². The van der Waals surface area contributed by atoms with Crippen LogP contribution in [0.3, 0.4) is 0 Å². The summed E-state index contributed by atoms with van der Waals surface area (Å²) in [6, 6.07) is 2.87. The second-order valence-electron chi connectivity index (χ2n) is 4.61. The van der Waals surface area contributed by atoms with Crippen molar-refractivity contribution >= 4 is 17.7 Å². The zero-order valence-electron chi connectivity index (χ0n) is 11.0. The van der Waals surface area contributed by atoms with Gasteiger partial charge in [-0.25, -0.2) is 0 Å². The number of nitrogens with one attached hydrogen (secondary N) is 1. The molecule has 1 saturated heterocycles. The number of rotatable bonds is 3. The summed E-state index contributed by atoms with van der Waals surface area (Å²) in [5.41, 5.74) is 0.510. The van der Waals surface area contributed by atoms with Crippen LogP contribution < -0.4 is 5.32 Å². The molecule has 0 saturated carbocycles. The summed E-state index contributed by atoms with van der Waals surface area (Å²) < 4.78 is 1.84. The van der Waals surface area contributed by atoms with Gasteiger partial charge in [0.2, 0.25) is 11.8 Å². The van der Waals surface area contributed by atoms with Gasteiger partial charge in [0.15, 0.2) is 0 Å². The molecule has 0 aliphatic carbocycles. The third-order valence-electron chi connectivity index (χ3n) is 3.20. The molecule has 102 valence electrons. The third-order valence-corrected chi connectivity index (χ3v) is 3.20. The number of aromatic nitrogens is 1. The topological polar surface area (TPSA) is 71.4 Å². The van der Waals surface area contributed by atoms with Crippen molar-refractivity contribution < 1.29 is 14.4 Å². The first-order chi connectivity index (χ1) is 9.04. The van der Waals surface area contributed by atoms with Crippen molar-refractivity contribution in [2.24, 2.45) is 0 Å². The molecule has 6 nitrogen and oxygen atoms in total. The molecule has 1 aliphatic heterocycles. The van der Waals surface area contributed by atoms with Gasteiger partial charge in [-0.3, -0.25) is 19.7 Å². The quantitative estimate of drug-likeness (QED) is 0.802. The van der Waals surface area contributed by atoms with Crippen molar-refractivity contribution in [3.05, 3.63) is 24.0 Å². The summed E-state index contributed by atoms with van der Waals surface area (Å²) in [5, 5.41) is 2.22. The van der Waals surface area contributed by atoms with Crippen LogP contribution in [0.2, 0.25) is 0 Å². The number of hydrogen-bond donors (Lipinski definition) is 1. The monoisotopic (exact) mass is 263 g/mol. The molecular formula is C13H17N3O3. The fourth-order valence-electron chi connectivity index (χ4n) is 2.15. The summed E-state index contributed by atoms with van der Waals surface area (Å²) in [6.45, 7) is 4.29. The summed E-state index contributed by atoms with van der Waals surface area (Å²) in [5.74, 6) is -1.16. The minimum atomic E-state index is -0.629. The Morgan fingerprint density at radius 1 is 1.47 bits per heavy atom. The van der Waals surface area contributed by atoms with Gasteiger partial charge in [-0.1, -0.05) is 6.92 Å². The maximum absolute atomic E-state index is 12.4. The van der Waals surface area contributed by atoms with Gasteiger partial charge < -0.3 is 9.47 Å². The van der Waals surface area contributed by atoms with Crippen LogP contribution in [0.5, 0.6) is 0 Å². The first kappa shape index (κ1) is 13.3. The fourth-order valence-corrected chi connectivity index (χ4v) is 2.15. The predicted molar refractivity (Wildman–Crippen MR) is 68.4 cm³/mol. The Balaban J connectivity index is 2.25. The maximum Gasteiger partial charge on any atom is 0.271 e. The van der Waals surface area contributed by atoms with E-state index in [1.54, 1.807) is 19.1 Å². The van der Waals surface area contributed by atoms with Crippen LogP contribution in [0.4, 0.5) is 0 Å². The van der Waals surface area contributed by atoms with Crippen LogP contribution in [0, 0.1) is 0 Å². The molecule has 0 bridgehead atoms. The van der Waals surface area contributed by atoms with E-state index in [0.717, 1.165) is 13.0 Å². The SMILES string of the molecule is CCCn1cccc1C(=O)N1CC(=O)NC(=O)C1C. The van der Waals surface area contributed by atoms with Crippen molar-refractivity contribution in [1.29, 1.82) is 0 Å². The highest BCUT2D eigenvalue weighted by Crippen LogP contribution is 2.13. The van der Waals surface area contributed by atoms with Gasteiger partial charge >= 0.3 is 0 Å². The van der Waals surface area contributed by atoms with E-state index in [-0.39, 0.29) is 12.5 Å². The van der Waals surface area contributed by atoms with Crippen molar-refractivity contribution in [2.45, 2.75) is 32.9 Å². The average Bonchev–Trinajstić information content (AvgIpc) is 2.81. The normalized spacial score (nSPS) is 19.5. The van der Waals surface area contributed by atoms with Crippen molar-refractivity contribution in [3.8, 4) is 0 Å². The first-order valence-electron chi connectivity index (χ1n) is 6.34. The number of carbonyl (C=O) groups excluding carboxylic acids is 3. The predicted octanol–water partition coefficient (Wildman–Crippen LogP) is 0.385. The van der Waals surface area contributed by atoms with E-state index in [1.165, 1.54) is 4.90 Å². The maximum atomic E-state index is 12.4. The van der Waals surface area contributed by atoms with Crippen molar-refractivity contribution in [2.75, 3.05) is 6.54 Å². The van der Waals surface area contributed by atoms with Crippen LogP contribution in [-0.4, -0.2) is 39.8 Å². The van der Waals surface area contributed by atoms with Gasteiger partial charge in [0.1, 0.15) is 18.3 Å². The van der Waals surface area contributed by atoms with Crippen LogP contribution >= 0.6 is 0 Å². The number of carbonyl (C=O) groups is 3. The molecule has 1 fully saturated rings. The minimum absolute atomic E-state index is 0.0803. The van der Waals surface area contributed by atoms with Crippen LogP contribution in [0.15, 0.2) is 18.3 Å². The van der Waals surface area contributed by atoms with E-state index < -0.39 is 17.9 Å². The van der Waals surface area contributed by atoms with Gasteiger partial charge in [0, 0.05) is 12.7 Å². The highest BCUT2D eigenvalue weighted by Gasteiger charge is 2.34. The highest BCUT2D eigenvalue weighted by molar-refractivity contribution is 6.06. The van der Waals surface area contributed by atoms with Crippen molar-refractivity contribution in [1.82, 2.24) is 14.8 Å². The Bertz CT molecular complexity index is 521. The number of aryl methyl sites for hydroxylation is 1. The Kier molecular flexibility index (Phi) is 3.69. The Hall–Kier alpha value is -2.11. The van der Waals surface area contributed by atoms with E-state index in [9.17, 15) is 14.4 Å². The van der Waals surface area contributed by atoms with E-state index in [1.807, 2.05) is 17.7 Å². The molecule has 1 aromatic rings. The van der Waals surface area contributed by atoms with Gasteiger partial charge in [-0.15, -0.1) is 0 Å². The lowest BCUT2D eigenvalue weighted by Gasteiger charge is -2.31. The molecule has 19 heavy (non-hydrogen) atoms. The van der Waals surface area contributed by atoms with E-state index in [4.69, 9.17) is 0 Å². The zero-order chi connectivity index (χ0) is 14.0. The number of imide groups is 1. The second-order valence-corrected chi connectivity index (χ2v) is 4.61. The summed E-state index contributed by atoms with van der Waals surface area (Å²) in [4.78, 5) is 36.7. The molecular weight excluding hydrogens is 246 g/mol. The van der Waals surface area contributed by atoms with E-state index in [0.29, 0.717) is 5.69 Å². The van der Waals surface area contributed by atoms with Gasteiger partial charge in [0.25, 0.3) is 5.91 Å². The number of amides is 3. The Morgan fingerprint density at radius 2 is 2.21 bits per heavy atom. The molecule has 1 aromatic heterocycles. The zero-order valence-corrected chi connectivity index (χ0v) is 11.0. The number of nitrogens with zero attached hydrogens (tertiary/aromatic N) is 2. The van der Waals surface area contributed by atoms with Crippen LogP contribution in [-0.2, 0) is 16.1 Å². The largest absolute Gasteiger partial charge is 0.344 e. The number of piperazine rings is 1. The molecule has 1 aliphatic rings. The molecule has 3 amide bonds. The van der Waals surface area contributed by atoms with E-state index >= 15 is 0 Å². The Labute approximate surface area is 111 Å². The van der Waals surface area contributed by atoms with Crippen LogP contribution in [0.1, 0.15) is 30.8 Å². The molecule has 1 atom stereocenters. The second kappa shape index (κ2) is 5.26. The average molecular weight is 263 g/mol. The fraction of sp³-hybridized carbons (Fsp3) is 0.462. The molecule has 2 rings (SSSR count). The first-order valence-corrected chi connectivity index (χ1v) is 6.34. The molecule has 1 N–H and O–H groups in total. The minimum Gasteiger partial charge on any atom is -0.344 e.